The first-order valence-corrected chi connectivity index (χ1v) is 9.24. The number of esters is 1. The van der Waals surface area contributed by atoms with Crippen molar-refractivity contribution in [2.45, 2.75) is 26.2 Å². The van der Waals surface area contributed by atoms with Crippen molar-refractivity contribution in [2.75, 3.05) is 5.32 Å². The highest BCUT2D eigenvalue weighted by atomic mass is 35.5. The van der Waals surface area contributed by atoms with Gasteiger partial charge in [-0.1, -0.05) is 35.9 Å². The molecule has 0 saturated carbocycles. The number of halogens is 1. The van der Waals surface area contributed by atoms with E-state index in [1.165, 1.54) is 0 Å². The van der Waals surface area contributed by atoms with Crippen LogP contribution >= 0.6 is 11.6 Å². The number of nitrogens with one attached hydrogen (secondary N) is 1. The minimum atomic E-state index is -0.688. The van der Waals surface area contributed by atoms with E-state index in [9.17, 15) is 9.59 Å². The molecular weight excluding hydrogens is 378 g/mol. The van der Waals surface area contributed by atoms with Crippen LogP contribution in [0.2, 0.25) is 5.02 Å². The highest BCUT2D eigenvalue weighted by Gasteiger charge is 2.38. The first-order chi connectivity index (χ1) is 13.4. The first-order valence-electron chi connectivity index (χ1n) is 8.86. The van der Waals surface area contributed by atoms with E-state index in [1.54, 1.807) is 16.8 Å². The van der Waals surface area contributed by atoms with Crippen molar-refractivity contribution < 1.29 is 14.3 Å². The first kappa shape index (κ1) is 18.3. The molecule has 0 saturated heterocycles. The number of fused-ring (bicyclic) bond motifs is 1. The Morgan fingerprint density at radius 1 is 1.21 bits per heavy atom. The number of benzene rings is 2. The highest BCUT2D eigenvalue weighted by molar-refractivity contribution is 6.31. The van der Waals surface area contributed by atoms with E-state index < -0.39 is 11.9 Å². The summed E-state index contributed by atoms with van der Waals surface area (Å²) >= 11 is 6.05. The quantitative estimate of drug-likeness (QED) is 0.675. The second-order valence-electron chi connectivity index (χ2n) is 6.73. The highest BCUT2D eigenvalue weighted by Crippen LogP contribution is 2.39. The fourth-order valence-electron chi connectivity index (χ4n) is 3.35. The van der Waals surface area contributed by atoms with Crippen LogP contribution in [0.5, 0.6) is 5.88 Å². The van der Waals surface area contributed by atoms with Crippen LogP contribution in [-0.2, 0) is 9.59 Å². The Hall–Kier alpha value is -3.12. The molecule has 0 aliphatic carbocycles. The van der Waals surface area contributed by atoms with E-state index in [2.05, 4.69) is 10.4 Å². The minimum Gasteiger partial charge on any atom is -0.407 e. The number of aryl methyl sites for hydroxylation is 2. The van der Waals surface area contributed by atoms with Crippen molar-refractivity contribution in [3.05, 3.63) is 70.4 Å². The van der Waals surface area contributed by atoms with Gasteiger partial charge in [-0.3, -0.25) is 9.59 Å². The lowest BCUT2D eigenvalue weighted by Gasteiger charge is -2.22. The summed E-state index contributed by atoms with van der Waals surface area (Å²) in [6.07, 6.45) is -0.0419. The normalized spacial score (nSPS) is 15.7. The van der Waals surface area contributed by atoms with Crippen LogP contribution in [0.15, 0.2) is 48.5 Å². The summed E-state index contributed by atoms with van der Waals surface area (Å²) in [4.78, 5) is 25.3. The number of hydrogen-bond donors (Lipinski definition) is 1. The van der Waals surface area contributed by atoms with E-state index in [1.807, 2.05) is 50.2 Å². The smallest absolute Gasteiger partial charge is 0.313 e. The zero-order valence-corrected chi connectivity index (χ0v) is 16.2. The van der Waals surface area contributed by atoms with E-state index in [-0.39, 0.29) is 12.3 Å². The lowest BCUT2D eigenvalue weighted by molar-refractivity contribution is -0.138. The zero-order chi connectivity index (χ0) is 19.8. The number of ether oxygens (including phenoxy) is 1. The van der Waals surface area contributed by atoms with Crippen molar-refractivity contribution in [3.63, 3.8) is 0 Å². The number of carbonyl (C=O) groups excluding carboxylic acids is 2. The Labute approximate surface area is 167 Å². The Bertz CT molecular complexity index is 1080. The summed E-state index contributed by atoms with van der Waals surface area (Å²) in [7, 11) is 0. The van der Waals surface area contributed by atoms with Gasteiger partial charge in [-0.15, -0.1) is 0 Å². The number of rotatable bonds is 3. The third-order valence-corrected chi connectivity index (χ3v) is 5.00. The molecule has 142 valence electrons. The minimum absolute atomic E-state index is 0.0419. The van der Waals surface area contributed by atoms with Crippen molar-refractivity contribution in [3.8, 4) is 11.6 Å². The van der Waals surface area contributed by atoms with Gasteiger partial charge in [-0.25, -0.2) is 4.68 Å². The molecule has 3 aromatic rings. The van der Waals surface area contributed by atoms with Gasteiger partial charge >= 0.3 is 5.97 Å². The molecule has 1 N–H and O–H groups in total. The molecular formula is C21H18ClN3O3. The number of hydrogen-bond acceptors (Lipinski definition) is 4. The van der Waals surface area contributed by atoms with Crippen LogP contribution in [-0.4, -0.2) is 21.7 Å². The van der Waals surface area contributed by atoms with E-state index >= 15 is 0 Å². The van der Waals surface area contributed by atoms with Crippen LogP contribution in [0.4, 0.5) is 5.69 Å². The van der Waals surface area contributed by atoms with Gasteiger partial charge in [0.1, 0.15) is 0 Å². The molecule has 0 unspecified atom stereocenters. The van der Waals surface area contributed by atoms with Gasteiger partial charge in [0.05, 0.1) is 29.3 Å². The Morgan fingerprint density at radius 2 is 1.96 bits per heavy atom. The molecule has 7 heteroatoms. The molecule has 6 nitrogen and oxygen atoms in total. The van der Waals surface area contributed by atoms with Crippen LogP contribution < -0.4 is 10.1 Å². The average Bonchev–Trinajstić information content (AvgIpc) is 3.01. The largest absolute Gasteiger partial charge is 0.407 e. The third-order valence-electron chi connectivity index (χ3n) is 4.77. The van der Waals surface area contributed by atoms with Gasteiger partial charge in [0.2, 0.25) is 11.8 Å². The van der Waals surface area contributed by atoms with Crippen LogP contribution in [0.25, 0.3) is 5.69 Å². The Balaban J connectivity index is 1.73. The summed E-state index contributed by atoms with van der Waals surface area (Å²) < 4.78 is 7.03. The summed E-state index contributed by atoms with van der Waals surface area (Å²) in [5.74, 6) is -1.15. The molecule has 28 heavy (non-hydrogen) atoms. The van der Waals surface area contributed by atoms with Crippen LogP contribution in [0.3, 0.4) is 0 Å². The summed E-state index contributed by atoms with van der Waals surface area (Å²) in [5.41, 5.74) is 3.53. The van der Waals surface area contributed by atoms with Crippen LogP contribution in [0, 0.1) is 13.8 Å². The van der Waals surface area contributed by atoms with Crippen molar-refractivity contribution in [1.82, 2.24) is 9.78 Å². The molecule has 0 bridgehead atoms. The van der Waals surface area contributed by atoms with E-state index in [0.29, 0.717) is 27.8 Å². The molecule has 1 aliphatic heterocycles. The van der Waals surface area contributed by atoms with E-state index in [4.69, 9.17) is 16.3 Å². The second kappa shape index (κ2) is 7.13. The summed E-state index contributed by atoms with van der Waals surface area (Å²) in [5, 5.41) is 7.92. The standard InChI is InChI=1S/C21H18ClN3O3/c1-12-8-9-14(22)10-17(12)23-20(27)16-11-18(26)28-21-19(16)13(2)24-25(21)15-6-4-3-5-7-15/h3-10,16H,11H2,1-2H3,(H,23,27)/t16-/m0/s1. The number of nitrogens with zero attached hydrogens (tertiary/aromatic N) is 2. The summed E-state index contributed by atoms with van der Waals surface area (Å²) in [6, 6.07) is 14.6. The van der Waals surface area contributed by atoms with Gasteiger partial charge in [-0.05, 0) is 43.7 Å². The second-order valence-corrected chi connectivity index (χ2v) is 7.17. The molecule has 0 radical (unpaired) electrons. The Kier molecular flexibility index (Phi) is 4.65. The molecule has 1 aromatic heterocycles. The fourth-order valence-corrected chi connectivity index (χ4v) is 3.52. The van der Waals surface area contributed by atoms with Crippen molar-refractivity contribution in [1.29, 1.82) is 0 Å². The molecule has 2 aromatic carbocycles. The maximum absolute atomic E-state index is 13.0. The lowest BCUT2D eigenvalue weighted by Crippen LogP contribution is -2.30. The van der Waals surface area contributed by atoms with Gasteiger partial charge in [-0.2, -0.15) is 5.10 Å². The van der Waals surface area contributed by atoms with Gasteiger partial charge in [0.15, 0.2) is 0 Å². The maximum Gasteiger partial charge on any atom is 0.313 e. The molecule has 1 aliphatic rings. The van der Waals surface area contributed by atoms with E-state index in [0.717, 1.165) is 11.3 Å². The monoisotopic (exact) mass is 395 g/mol. The maximum atomic E-state index is 13.0. The number of carbonyl (C=O) groups is 2. The third kappa shape index (κ3) is 3.27. The predicted molar refractivity (Wildman–Crippen MR) is 106 cm³/mol. The average molecular weight is 396 g/mol. The lowest BCUT2D eigenvalue weighted by atomic mass is 9.93. The number of anilines is 1. The van der Waals surface area contributed by atoms with Crippen molar-refractivity contribution >= 4 is 29.2 Å². The SMILES string of the molecule is Cc1ccc(Cl)cc1NC(=O)[C@H]1CC(=O)Oc2c1c(C)nn2-c1ccccc1. The number of para-hydroxylation sites is 1. The summed E-state index contributed by atoms with van der Waals surface area (Å²) in [6.45, 7) is 3.69. The molecule has 0 fully saturated rings. The van der Waals surface area contributed by atoms with Gasteiger partial charge in [0, 0.05) is 10.7 Å². The van der Waals surface area contributed by atoms with Gasteiger partial charge in [0.25, 0.3) is 0 Å². The molecule has 4 rings (SSSR count). The number of aromatic nitrogens is 2. The topological polar surface area (TPSA) is 73.2 Å². The van der Waals surface area contributed by atoms with Crippen molar-refractivity contribution in [2.24, 2.45) is 0 Å². The molecule has 0 spiro atoms. The predicted octanol–water partition coefficient (Wildman–Crippen LogP) is 4.17. The van der Waals surface area contributed by atoms with Crippen LogP contribution in [0.1, 0.15) is 29.2 Å². The molecule has 1 amide bonds. The molecule has 2 heterocycles. The Morgan fingerprint density at radius 3 is 2.71 bits per heavy atom. The molecule has 1 atom stereocenters. The zero-order valence-electron chi connectivity index (χ0n) is 15.4. The van der Waals surface area contributed by atoms with Gasteiger partial charge < -0.3 is 10.1 Å². The fraction of sp³-hybridized carbons (Fsp3) is 0.190. The number of amides is 1.